The molecule has 2 N–H and O–H groups in total. The van der Waals surface area contributed by atoms with Crippen molar-refractivity contribution in [2.45, 2.75) is 19.4 Å². The minimum Gasteiger partial charge on any atom is -0.331 e. The minimum atomic E-state index is 0.465. The van der Waals surface area contributed by atoms with E-state index in [9.17, 15) is 0 Å². The van der Waals surface area contributed by atoms with Crippen LogP contribution < -0.4 is 5.73 Å². The average Bonchev–Trinajstić information content (AvgIpc) is 2.91. The van der Waals surface area contributed by atoms with Crippen LogP contribution >= 0.6 is 0 Å². The highest BCUT2D eigenvalue weighted by Crippen LogP contribution is 2.37. The summed E-state index contributed by atoms with van der Waals surface area (Å²) < 4.78 is 2.20. The predicted octanol–water partition coefficient (Wildman–Crippen LogP) is 1.83. The van der Waals surface area contributed by atoms with E-state index < -0.39 is 0 Å². The number of benzene rings is 1. The summed E-state index contributed by atoms with van der Waals surface area (Å²) in [5, 5.41) is 0. The van der Waals surface area contributed by atoms with E-state index in [2.05, 4.69) is 53.7 Å². The van der Waals surface area contributed by atoms with Gasteiger partial charge in [0, 0.05) is 19.6 Å². The summed E-state index contributed by atoms with van der Waals surface area (Å²) in [6.45, 7) is 3.93. The molecular weight excluding hydrogens is 236 g/mol. The number of para-hydroxylation sites is 1. The van der Waals surface area contributed by atoms with Gasteiger partial charge >= 0.3 is 0 Å². The van der Waals surface area contributed by atoms with Gasteiger partial charge in [0.25, 0.3) is 0 Å². The van der Waals surface area contributed by atoms with Crippen molar-refractivity contribution in [1.29, 1.82) is 0 Å². The number of hydrogen-bond donors (Lipinski definition) is 1. The second kappa shape index (κ2) is 4.62. The fraction of sp³-hybridized carbons (Fsp3) is 0.533. The Morgan fingerprint density at radius 3 is 2.84 bits per heavy atom. The summed E-state index contributed by atoms with van der Waals surface area (Å²) in [6.07, 6.45) is 1.15. The molecule has 2 heterocycles. The molecule has 0 spiro atoms. The van der Waals surface area contributed by atoms with Gasteiger partial charge < -0.3 is 10.3 Å². The van der Waals surface area contributed by atoms with Crippen molar-refractivity contribution in [3.63, 3.8) is 0 Å². The first-order chi connectivity index (χ1) is 9.11. The normalized spacial score (nSPS) is 24.4. The van der Waals surface area contributed by atoms with E-state index in [1.54, 1.807) is 0 Å². The smallest absolute Gasteiger partial charge is 0.106 e. The first-order valence-corrected chi connectivity index (χ1v) is 6.94. The molecule has 3 rings (SSSR count). The van der Waals surface area contributed by atoms with Crippen LogP contribution in [-0.2, 0) is 7.05 Å². The van der Waals surface area contributed by atoms with Gasteiger partial charge in [-0.2, -0.15) is 0 Å². The summed E-state index contributed by atoms with van der Waals surface area (Å²) in [4.78, 5) is 7.05. The number of nitrogens with zero attached hydrogens (tertiary/aromatic N) is 3. The summed E-state index contributed by atoms with van der Waals surface area (Å²) in [5.74, 6) is 1.68. The van der Waals surface area contributed by atoms with Crippen LogP contribution in [0, 0.1) is 12.8 Å². The predicted molar refractivity (Wildman–Crippen MR) is 78.0 cm³/mol. The lowest BCUT2D eigenvalue weighted by Gasteiger charge is -2.20. The lowest BCUT2D eigenvalue weighted by Crippen LogP contribution is -2.20. The van der Waals surface area contributed by atoms with Crippen LogP contribution in [0.4, 0.5) is 0 Å². The molecule has 19 heavy (non-hydrogen) atoms. The van der Waals surface area contributed by atoms with Gasteiger partial charge in [-0.05, 0) is 44.5 Å². The summed E-state index contributed by atoms with van der Waals surface area (Å²) in [7, 11) is 4.30. The number of imidazole rings is 1. The van der Waals surface area contributed by atoms with Crippen molar-refractivity contribution in [2.75, 3.05) is 20.1 Å². The molecule has 1 aromatic heterocycles. The highest BCUT2D eigenvalue weighted by molar-refractivity contribution is 5.80. The number of fused-ring (bicyclic) bond motifs is 1. The fourth-order valence-electron chi connectivity index (χ4n) is 3.32. The molecule has 4 heteroatoms. The zero-order chi connectivity index (χ0) is 13.6. The zero-order valence-electron chi connectivity index (χ0n) is 11.9. The first kappa shape index (κ1) is 12.6. The maximum atomic E-state index is 5.84. The molecule has 102 valence electrons. The number of hydrogen-bond acceptors (Lipinski definition) is 3. The number of likely N-dealkylation sites (tertiary alicyclic amines) is 1. The van der Waals surface area contributed by atoms with Crippen LogP contribution in [0.5, 0.6) is 0 Å². The quantitative estimate of drug-likeness (QED) is 0.894. The van der Waals surface area contributed by atoms with Gasteiger partial charge in [-0.15, -0.1) is 0 Å². The number of rotatable bonds is 2. The third-order valence-electron chi connectivity index (χ3n) is 4.48. The summed E-state index contributed by atoms with van der Waals surface area (Å²) in [5.41, 5.74) is 9.60. The van der Waals surface area contributed by atoms with Crippen LogP contribution in [0.3, 0.4) is 0 Å². The Morgan fingerprint density at radius 2 is 2.16 bits per heavy atom. The molecule has 2 aromatic rings. The van der Waals surface area contributed by atoms with Crippen LogP contribution in [0.2, 0.25) is 0 Å². The van der Waals surface area contributed by atoms with Crippen molar-refractivity contribution in [3.05, 3.63) is 29.6 Å². The Bertz CT molecular complexity index is 601. The van der Waals surface area contributed by atoms with Gasteiger partial charge in [-0.3, -0.25) is 4.90 Å². The van der Waals surface area contributed by atoms with E-state index in [0.29, 0.717) is 12.0 Å². The molecule has 1 aromatic carbocycles. The van der Waals surface area contributed by atoms with E-state index in [-0.39, 0.29) is 0 Å². The second-order valence-corrected chi connectivity index (χ2v) is 5.73. The molecule has 2 atom stereocenters. The van der Waals surface area contributed by atoms with Gasteiger partial charge in [0.05, 0.1) is 11.0 Å². The van der Waals surface area contributed by atoms with Gasteiger partial charge in [-0.1, -0.05) is 12.1 Å². The van der Waals surface area contributed by atoms with Crippen molar-refractivity contribution in [3.8, 4) is 0 Å². The van der Waals surface area contributed by atoms with Gasteiger partial charge in [-0.25, -0.2) is 4.98 Å². The largest absolute Gasteiger partial charge is 0.331 e. The van der Waals surface area contributed by atoms with E-state index in [4.69, 9.17) is 5.73 Å². The third kappa shape index (κ3) is 1.95. The zero-order valence-corrected chi connectivity index (χ0v) is 11.9. The first-order valence-electron chi connectivity index (χ1n) is 6.94. The molecule has 1 fully saturated rings. The van der Waals surface area contributed by atoms with E-state index in [1.165, 1.54) is 11.1 Å². The summed E-state index contributed by atoms with van der Waals surface area (Å²) in [6, 6.07) is 6.92. The molecule has 0 radical (unpaired) electrons. The highest BCUT2D eigenvalue weighted by Gasteiger charge is 2.31. The standard InChI is InChI=1S/C15H22N4/c1-10-17-13-6-4-5-12(15(13)19(10)3)14-7-11(8-16)9-18(14)2/h4-6,11,14H,7-9,16H2,1-3H3. The van der Waals surface area contributed by atoms with Gasteiger partial charge in [0.2, 0.25) is 0 Å². The SMILES string of the molecule is Cc1nc2cccc(C3CC(CN)CN3C)c2n1C. The Kier molecular flexibility index (Phi) is 3.07. The number of aryl methyl sites for hydroxylation is 2. The van der Waals surface area contributed by atoms with Crippen LogP contribution in [0.25, 0.3) is 11.0 Å². The third-order valence-corrected chi connectivity index (χ3v) is 4.48. The molecule has 1 aliphatic rings. The Morgan fingerprint density at radius 1 is 1.37 bits per heavy atom. The van der Waals surface area contributed by atoms with Crippen LogP contribution in [0.15, 0.2) is 18.2 Å². The molecule has 1 saturated heterocycles. The minimum absolute atomic E-state index is 0.465. The lowest BCUT2D eigenvalue weighted by molar-refractivity contribution is 0.315. The van der Waals surface area contributed by atoms with E-state index in [0.717, 1.165) is 30.9 Å². The topological polar surface area (TPSA) is 47.1 Å². The maximum Gasteiger partial charge on any atom is 0.106 e. The molecule has 0 bridgehead atoms. The molecule has 0 saturated carbocycles. The molecule has 4 nitrogen and oxygen atoms in total. The highest BCUT2D eigenvalue weighted by atomic mass is 15.2. The van der Waals surface area contributed by atoms with Crippen LogP contribution in [0.1, 0.15) is 23.9 Å². The second-order valence-electron chi connectivity index (χ2n) is 5.73. The van der Waals surface area contributed by atoms with Gasteiger partial charge in [0.15, 0.2) is 0 Å². The Labute approximate surface area is 114 Å². The lowest BCUT2D eigenvalue weighted by atomic mass is 9.99. The number of aromatic nitrogens is 2. The van der Waals surface area contributed by atoms with E-state index >= 15 is 0 Å². The van der Waals surface area contributed by atoms with Crippen molar-refractivity contribution in [2.24, 2.45) is 18.7 Å². The molecule has 1 aliphatic heterocycles. The summed E-state index contributed by atoms with van der Waals surface area (Å²) >= 11 is 0. The average molecular weight is 258 g/mol. The molecule has 2 unspecified atom stereocenters. The Hall–Kier alpha value is -1.39. The maximum absolute atomic E-state index is 5.84. The van der Waals surface area contributed by atoms with Gasteiger partial charge in [0.1, 0.15) is 5.82 Å². The molecular formula is C15H22N4. The van der Waals surface area contributed by atoms with Crippen molar-refractivity contribution < 1.29 is 0 Å². The van der Waals surface area contributed by atoms with Crippen molar-refractivity contribution in [1.82, 2.24) is 14.5 Å². The molecule has 0 aliphatic carbocycles. The molecule has 0 amide bonds. The Balaban J connectivity index is 2.10. The monoisotopic (exact) mass is 258 g/mol. The number of nitrogens with two attached hydrogens (primary N) is 1. The van der Waals surface area contributed by atoms with E-state index in [1.807, 2.05) is 0 Å². The van der Waals surface area contributed by atoms with Crippen molar-refractivity contribution >= 4 is 11.0 Å². The fourth-order valence-corrected chi connectivity index (χ4v) is 3.32. The van der Waals surface area contributed by atoms with Crippen LogP contribution in [-0.4, -0.2) is 34.6 Å².